The van der Waals surface area contributed by atoms with Gasteiger partial charge in [0, 0.05) is 37.8 Å². The molecule has 2 heterocycles. The molecule has 1 aromatic carbocycles. The molecule has 6 heteroatoms. The quantitative estimate of drug-likeness (QED) is 0.867. The van der Waals surface area contributed by atoms with Crippen LogP contribution in [0.25, 0.3) is 0 Å². The predicted molar refractivity (Wildman–Crippen MR) is 87.6 cm³/mol. The summed E-state index contributed by atoms with van der Waals surface area (Å²) in [5, 5.41) is 3.01. The van der Waals surface area contributed by atoms with E-state index in [9.17, 15) is 4.79 Å². The molecule has 0 N–H and O–H groups in total. The first-order valence-electron chi connectivity index (χ1n) is 7.34. The van der Waals surface area contributed by atoms with Crippen molar-refractivity contribution < 1.29 is 9.53 Å². The summed E-state index contributed by atoms with van der Waals surface area (Å²) < 4.78 is 5.56. The number of amides is 1. The third kappa shape index (κ3) is 3.57. The first kappa shape index (κ1) is 14.8. The molecule has 1 fully saturated rings. The van der Waals surface area contributed by atoms with Gasteiger partial charge < -0.3 is 14.5 Å². The number of carbonyl (C=O) groups excluding carboxylic acids is 1. The van der Waals surface area contributed by atoms with E-state index >= 15 is 0 Å². The molecule has 0 radical (unpaired) electrons. The first-order valence-corrected chi connectivity index (χ1v) is 8.22. The minimum atomic E-state index is 0.0411. The SMILES string of the molecule is Cc1ccc(OCC(=O)N2CCN(c3nccs3)CC2)cc1. The Kier molecular flexibility index (Phi) is 4.58. The van der Waals surface area contributed by atoms with Crippen LogP contribution in [0, 0.1) is 6.92 Å². The average molecular weight is 317 g/mol. The van der Waals surface area contributed by atoms with Gasteiger partial charge >= 0.3 is 0 Å². The monoisotopic (exact) mass is 317 g/mol. The summed E-state index contributed by atoms with van der Waals surface area (Å²) in [6, 6.07) is 7.74. The van der Waals surface area contributed by atoms with E-state index in [4.69, 9.17) is 4.74 Å². The van der Waals surface area contributed by atoms with Crippen molar-refractivity contribution in [1.82, 2.24) is 9.88 Å². The third-order valence-electron chi connectivity index (χ3n) is 3.71. The number of hydrogen-bond donors (Lipinski definition) is 0. The fraction of sp³-hybridized carbons (Fsp3) is 0.375. The molecule has 0 aliphatic carbocycles. The molecule has 0 saturated carbocycles. The number of piperazine rings is 1. The molecule has 116 valence electrons. The second-order valence-electron chi connectivity index (χ2n) is 5.28. The number of rotatable bonds is 4. The number of ether oxygens (including phenoxy) is 1. The fourth-order valence-corrected chi connectivity index (χ4v) is 3.09. The number of aryl methyl sites for hydroxylation is 1. The number of anilines is 1. The Morgan fingerprint density at radius 1 is 1.23 bits per heavy atom. The fourth-order valence-electron chi connectivity index (χ4n) is 2.39. The van der Waals surface area contributed by atoms with Crippen molar-refractivity contribution >= 4 is 22.4 Å². The summed E-state index contributed by atoms with van der Waals surface area (Å²) in [4.78, 5) is 20.6. The molecule has 3 rings (SSSR count). The molecule has 22 heavy (non-hydrogen) atoms. The van der Waals surface area contributed by atoms with E-state index in [1.165, 1.54) is 5.56 Å². The lowest BCUT2D eigenvalue weighted by atomic mass is 10.2. The molecule has 0 unspecified atom stereocenters. The van der Waals surface area contributed by atoms with E-state index in [2.05, 4.69) is 9.88 Å². The lowest BCUT2D eigenvalue weighted by Gasteiger charge is -2.34. The highest BCUT2D eigenvalue weighted by molar-refractivity contribution is 7.13. The van der Waals surface area contributed by atoms with E-state index in [-0.39, 0.29) is 12.5 Å². The number of thiazole rings is 1. The molecule has 1 aliphatic rings. The highest BCUT2D eigenvalue weighted by atomic mass is 32.1. The van der Waals surface area contributed by atoms with Gasteiger partial charge in [-0.3, -0.25) is 4.79 Å². The second kappa shape index (κ2) is 6.79. The van der Waals surface area contributed by atoms with Gasteiger partial charge in [0.25, 0.3) is 5.91 Å². The third-order valence-corrected chi connectivity index (χ3v) is 4.54. The Bertz CT molecular complexity index is 605. The van der Waals surface area contributed by atoms with Gasteiger partial charge in [-0.25, -0.2) is 4.98 Å². The van der Waals surface area contributed by atoms with Gasteiger partial charge in [-0.05, 0) is 19.1 Å². The molecule has 1 aliphatic heterocycles. The van der Waals surface area contributed by atoms with Crippen LogP contribution < -0.4 is 9.64 Å². The van der Waals surface area contributed by atoms with Crippen LogP contribution in [-0.4, -0.2) is 48.6 Å². The Morgan fingerprint density at radius 2 is 1.95 bits per heavy atom. The Hall–Kier alpha value is -2.08. The highest BCUT2D eigenvalue weighted by Gasteiger charge is 2.22. The molecule has 2 aromatic rings. The molecular formula is C16H19N3O2S. The summed E-state index contributed by atoms with van der Waals surface area (Å²) >= 11 is 1.63. The molecular weight excluding hydrogens is 298 g/mol. The minimum Gasteiger partial charge on any atom is -0.484 e. The van der Waals surface area contributed by atoms with Crippen LogP contribution >= 0.6 is 11.3 Å². The summed E-state index contributed by atoms with van der Waals surface area (Å²) in [6.45, 7) is 5.20. The summed E-state index contributed by atoms with van der Waals surface area (Å²) in [5.74, 6) is 0.778. The van der Waals surface area contributed by atoms with Gasteiger partial charge in [-0.1, -0.05) is 17.7 Å². The Balaban J connectivity index is 1.46. The van der Waals surface area contributed by atoms with E-state index in [0.29, 0.717) is 0 Å². The largest absolute Gasteiger partial charge is 0.484 e. The molecule has 0 bridgehead atoms. The molecule has 1 amide bonds. The molecule has 0 atom stereocenters. The van der Waals surface area contributed by atoms with Crippen LogP contribution in [0.15, 0.2) is 35.8 Å². The molecule has 1 aromatic heterocycles. The first-order chi connectivity index (χ1) is 10.7. The molecule has 0 spiro atoms. The van der Waals surface area contributed by atoms with Gasteiger partial charge in [-0.15, -0.1) is 11.3 Å². The normalized spacial score (nSPS) is 15.0. The van der Waals surface area contributed by atoms with Crippen molar-refractivity contribution in [2.24, 2.45) is 0 Å². The van der Waals surface area contributed by atoms with Crippen molar-refractivity contribution in [1.29, 1.82) is 0 Å². The van der Waals surface area contributed by atoms with E-state index in [1.54, 1.807) is 11.3 Å². The molecule has 1 saturated heterocycles. The van der Waals surface area contributed by atoms with Crippen molar-refractivity contribution in [2.45, 2.75) is 6.92 Å². The summed E-state index contributed by atoms with van der Waals surface area (Å²) in [7, 11) is 0. The minimum absolute atomic E-state index is 0.0411. The van der Waals surface area contributed by atoms with Crippen LogP contribution in [0.5, 0.6) is 5.75 Å². The van der Waals surface area contributed by atoms with Gasteiger partial charge in [-0.2, -0.15) is 0 Å². The maximum Gasteiger partial charge on any atom is 0.260 e. The zero-order valence-electron chi connectivity index (χ0n) is 12.6. The lowest BCUT2D eigenvalue weighted by molar-refractivity contribution is -0.133. The standard InChI is InChI=1S/C16H19N3O2S/c1-13-2-4-14(5-3-13)21-12-15(20)18-7-9-19(10-8-18)16-17-6-11-22-16/h2-6,11H,7-10,12H2,1H3. The predicted octanol–water partition coefficient (Wildman–Crippen LogP) is 2.18. The van der Waals surface area contributed by atoms with E-state index in [0.717, 1.165) is 37.1 Å². The van der Waals surface area contributed by atoms with Crippen LogP contribution in [0.1, 0.15) is 5.56 Å². The number of carbonyl (C=O) groups is 1. The number of hydrogen-bond acceptors (Lipinski definition) is 5. The Morgan fingerprint density at radius 3 is 2.59 bits per heavy atom. The van der Waals surface area contributed by atoms with Crippen LogP contribution in [0.3, 0.4) is 0 Å². The van der Waals surface area contributed by atoms with Gasteiger partial charge in [0.2, 0.25) is 0 Å². The van der Waals surface area contributed by atoms with Crippen molar-refractivity contribution in [3.8, 4) is 5.75 Å². The van der Waals surface area contributed by atoms with Crippen molar-refractivity contribution in [3.63, 3.8) is 0 Å². The second-order valence-corrected chi connectivity index (χ2v) is 6.16. The van der Waals surface area contributed by atoms with E-state index < -0.39 is 0 Å². The summed E-state index contributed by atoms with van der Waals surface area (Å²) in [5.41, 5.74) is 1.18. The summed E-state index contributed by atoms with van der Waals surface area (Å²) in [6.07, 6.45) is 1.81. The maximum absolute atomic E-state index is 12.2. The van der Waals surface area contributed by atoms with Gasteiger partial charge in [0.05, 0.1) is 0 Å². The van der Waals surface area contributed by atoms with Crippen LogP contribution in [0.4, 0.5) is 5.13 Å². The number of nitrogens with zero attached hydrogens (tertiary/aromatic N) is 3. The van der Waals surface area contributed by atoms with Crippen LogP contribution in [-0.2, 0) is 4.79 Å². The van der Waals surface area contributed by atoms with Crippen LogP contribution in [0.2, 0.25) is 0 Å². The average Bonchev–Trinajstić information content (AvgIpc) is 3.09. The van der Waals surface area contributed by atoms with E-state index in [1.807, 2.05) is 47.7 Å². The topological polar surface area (TPSA) is 45.7 Å². The van der Waals surface area contributed by atoms with Crippen molar-refractivity contribution in [3.05, 3.63) is 41.4 Å². The van der Waals surface area contributed by atoms with Gasteiger partial charge in [0.15, 0.2) is 11.7 Å². The molecule has 5 nitrogen and oxygen atoms in total. The zero-order valence-corrected chi connectivity index (χ0v) is 13.4. The van der Waals surface area contributed by atoms with Crippen molar-refractivity contribution in [2.75, 3.05) is 37.7 Å². The highest BCUT2D eigenvalue weighted by Crippen LogP contribution is 2.19. The smallest absolute Gasteiger partial charge is 0.260 e. The lowest BCUT2D eigenvalue weighted by Crippen LogP contribution is -2.50. The number of aromatic nitrogens is 1. The zero-order chi connectivity index (χ0) is 15.4. The Labute approximate surface area is 134 Å². The van der Waals surface area contributed by atoms with Gasteiger partial charge in [0.1, 0.15) is 5.75 Å². The number of benzene rings is 1. The maximum atomic E-state index is 12.2.